The highest BCUT2D eigenvalue weighted by atomic mass is 31.2. The molecule has 0 fully saturated rings. The van der Waals surface area contributed by atoms with Crippen LogP contribution in [-0.4, -0.2) is 95.9 Å². The Labute approximate surface area is 726 Å². The van der Waals surface area contributed by atoms with Crippen LogP contribution in [-0.2, 0) is 55.8 Å². The Bertz CT molecular complexity index is 2840. The van der Waals surface area contributed by atoms with Crippen molar-refractivity contribution >= 4 is 33.6 Å². The second-order valence-corrected chi connectivity index (χ2v) is 34.3. The van der Waals surface area contributed by atoms with Crippen molar-refractivity contribution in [2.45, 2.75) is 411 Å². The molecule has 0 heterocycles. The van der Waals surface area contributed by atoms with Crippen molar-refractivity contribution in [1.82, 2.24) is 0 Å². The first kappa shape index (κ1) is 114. The number of allylic oxidation sites excluding steroid dienone is 28. The molecule has 4 N–H and O–H groups in total. The molecule has 0 aromatic rings. The predicted octanol–water partition coefficient (Wildman–Crippen LogP) is 29.4. The van der Waals surface area contributed by atoms with E-state index in [9.17, 15) is 43.5 Å². The summed E-state index contributed by atoms with van der Waals surface area (Å²) in [5, 5.41) is 20.8. The van der Waals surface area contributed by atoms with Gasteiger partial charge >= 0.3 is 33.6 Å². The van der Waals surface area contributed by atoms with Gasteiger partial charge in [0.2, 0.25) is 0 Å². The summed E-state index contributed by atoms with van der Waals surface area (Å²) >= 11 is 0. The molecule has 0 saturated carbocycles. The topological polar surface area (TPSA) is 231 Å². The van der Waals surface area contributed by atoms with Crippen LogP contribution in [0.5, 0.6) is 0 Å². The van der Waals surface area contributed by atoms with Crippen LogP contribution < -0.4 is 0 Å². The van der Waals surface area contributed by atoms with Gasteiger partial charge in [-0.25, -0.2) is 9.13 Å². The van der Waals surface area contributed by atoms with Crippen molar-refractivity contribution in [3.63, 3.8) is 0 Å². The number of carbonyl (C=O) groups excluding carboxylic acids is 3. The number of hydrogen-bond donors (Lipinski definition) is 4. The molecular formula is C101H172O16P2. The molecule has 5 atom stereocenters. The number of phosphoric acid groups is 2. The van der Waals surface area contributed by atoms with Gasteiger partial charge in [-0.05, 0) is 161 Å². The molecular weight excluding hydrogens is 1530 g/mol. The first-order valence-electron chi connectivity index (χ1n) is 47.4. The van der Waals surface area contributed by atoms with Crippen molar-refractivity contribution < 1.29 is 75.8 Å². The van der Waals surface area contributed by atoms with E-state index in [1.807, 2.05) is 0 Å². The number of unbranched alkanes of at least 4 members (excludes halogenated alkanes) is 38. The quantitative estimate of drug-likeness (QED) is 0.0146. The van der Waals surface area contributed by atoms with E-state index in [0.29, 0.717) is 19.3 Å². The Morgan fingerprint density at radius 3 is 0.706 bits per heavy atom. The number of hydrogen-bond acceptors (Lipinski definition) is 14. The van der Waals surface area contributed by atoms with Crippen LogP contribution in [0.1, 0.15) is 393 Å². The number of esters is 3. The second-order valence-electron chi connectivity index (χ2n) is 31.4. The molecule has 0 aliphatic carbocycles. The van der Waals surface area contributed by atoms with Gasteiger partial charge in [-0.15, -0.1) is 0 Å². The summed E-state index contributed by atoms with van der Waals surface area (Å²) in [4.78, 5) is 59.1. The van der Waals surface area contributed by atoms with E-state index in [-0.39, 0.29) is 19.3 Å². The molecule has 0 amide bonds. The van der Waals surface area contributed by atoms with E-state index >= 15 is 0 Å². The van der Waals surface area contributed by atoms with Crippen LogP contribution in [0.4, 0.5) is 0 Å². The van der Waals surface area contributed by atoms with Crippen LogP contribution in [0.25, 0.3) is 0 Å². The van der Waals surface area contributed by atoms with Crippen molar-refractivity contribution in [3.8, 4) is 0 Å². The van der Waals surface area contributed by atoms with E-state index in [4.69, 9.17) is 32.3 Å². The van der Waals surface area contributed by atoms with Crippen LogP contribution in [0.2, 0.25) is 0 Å². The third-order valence-electron chi connectivity index (χ3n) is 19.9. The summed E-state index contributed by atoms with van der Waals surface area (Å²) in [5.74, 6) is -1.58. The highest BCUT2D eigenvalue weighted by molar-refractivity contribution is 7.47. The van der Waals surface area contributed by atoms with Crippen molar-refractivity contribution in [3.05, 3.63) is 170 Å². The average Bonchev–Trinajstić information content (AvgIpc) is 0.905. The lowest BCUT2D eigenvalue weighted by Gasteiger charge is -2.21. The largest absolute Gasteiger partial charge is 0.472 e. The van der Waals surface area contributed by atoms with Crippen LogP contribution in [0, 0.1) is 0 Å². The van der Waals surface area contributed by atoms with E-state index in [1.54, 1.807) is 0 Å². The van der Waals surface area contributed by atoms with E-state index in [2.05, 4.69) is 191 Å². The zero-order chi connectivity index (χ0) is 86.5. The van der Waals surface area contributed by atoms with E-state index < -0.39 is 91.5 Å². The lowest BCUT2D eigenvalue weighted by Crippen LogP contribution is -2.30. The molecule has 0 aliphatic rings. The van der Waals surface area contributed by atoms with Crippen molar-refractivity contribution in [2.24, 2.45) is 0 Å². The Morgan fingerprint density at radius 2 is 0.445 bits per heavy atom. The number of carbonyl (C=O) groups is 3. The fourth-order valence-electron chi connectivity index (χ4n) is 12.7. The fourth-order valence-corrected chi connectivity index (χ4v) is 14.3. The lowest BCUT2D eigenvalue weighted by atomic mass is 10.0. The molecule has 682 valence electrons. The molecule has 0 aliphatic heterocycles. The minimum atomic E-state index is -4.95. The first-order chi connectivity index (χ1) is 58.2. The normalized spacial score (nSPS) is 14.5. The SMILES string of the molecule is CC/C=C\C/C=C\C/C=C\C/C=C\C/C=C\C/C=C\CCCCCCCCCCCCCCC(=O)OCC(O)COP(=O)(O)OCC(O)COP(=O)(O)OCC(COC(=O)CCCCCCCCCCCCCCC/C=C\C/C=C\C/C=C\C/C=C\CCCCC)OC(=O)CCCCCCCCC/C=C\C/C=C\C/C=C\C/C=C\CCCCC. The summed E-state index contributed by atoms with van der Waals surface area (Å²) in [7, 11) is -9.82. The standard InChI is InChI=1S/C101H172O16P2/c1-4-7-10-13-16-19-22-25-28-31-34-37-40-42-44-46-47-49-51-52-55-57-60-63-66-69-72-75-78-81-84-87-99(104)111-90-96(102)91-113-118(107,108)114-92-97(103)93-115-119(109,110)116-95-98(117-101(106)89-86-83-80-77-74-71-68-65-62-59-54-39-36-33-30-27-24-21-18-15-12-9-6-3)94-112-100(105)88-85-82-79-76-73-70-67-64-61-58-56-53-50-48-45-43-41-38-35-32-29-26-23-20-17-14-11-8-5-2/h7,10,16-21,25-30,34-39,42-45,47,49,59,62,96-98,102-103H,4-6,8-9,11-15,22-24,31-33,40-41,46,48,50-58,60-61,63-95H2,1-3H3,(H,107,108)(H,109,110)/b10-7-,19-16-,20-17-,21-18-,28-25-,29-26-,30-27-,37-34-,38-35-,39-36-,44-42-,45-43-,49-47-,62-59-. The van der Waals surface area contributed by atoms with Gasteiger partial charge in [0.25, 0.3) is 0 Å². The molecule has 16 nitrogen and oxygen atoms in total. The predicted molar refractivity (Wildman–Crippen MR) is 500 cm³/mol. The average molecular weight is 1700 g/mol. The van der Waals surface area contributed by atoms with E-state index in [1.165, 1.54) is 154 Å². The van der Waals surface area contributed by atoms with Crippen LogP contribution in [0.3, 0.4) is 0 Å². The molecule has 0 bridgehead atoms. The maximum atomic E-state index is 13.1. The van der Waals surface area contributed by atoms with Crippen molar-refractivity contribution in [1.29, 1.82) is 0 Å². The maximum Gasteiger partial charge on any atom is 0.472 e. The monoisotopic (exact) mass is 1700 g/mol. The van der Waals surface area contributed by atoms with Crippen molar-refractivity contribution in [2.75, 3.05) is 39.6 Å². The zero-order valence-electron chi connectivity index (χ0n) is 75.2. The number of rotatable bonds is 89. The lowest BCUT2D eigenvalue weighted by molar-refractivity contribution is -0.161. The molecule has 18 heteroatoms. The minimum Gasteiger partial charge on any atom is -0.463 e. The van der Waals surface area contributed by atoms with Gasteiger partial charge < -0.3 is 34.2 Å². The molecule has 119 heavy (non-hydrogen) atoms. The summed E-state index contributed by atoms with van der Waals surface area (Å²) in [5.41, 5.74) is 0. The van der Waals surface area contributed by atoms with E-state index in [0.717, 1.165) is 180 Å². The number of ether oxygens (including phenoxy) is 3. The van der Waals surface area contributed by atoms with Gasteiger partial charge in [-0.3, -0.25) is 32.5 Å². The summed E-state index contributed by atoms with van der Waals surface area (Å²) < 4.78 is 61.5. The highest BCUT2D eigenvalue weighted by Crippen LogP contribution is 2.45. The van der Waals surface area contributed by atoms with Gasteiger partial charge in [-0.1, -0.05) is 384 Å². The summed E-state index contributed by atoms with van der Waals surface area (Å²) in [6.45, 7) is 2.54. The molecule has 0 aromatic carbocycles. The minimum absolute atomic E-state index is 0.0886. The Hall–Kier alpha value is -5.09. The number of aliphatic hydroxyl groups is 2. The molecule has 0 spiro atoms. The van der Waals surface area contributed by atoms with Crippen LogP contribution >= 0.6 is 15.6 Å². The van der Waals surface area contributed by atoms with Gasteiger partial charge in [0.1, 0.15) is 25.4 Å². The molecule has 5 unspecified atom stereocenters. The smallest absolute Gasteiger partial charge is 0.463 e. The number of phosphoric ester groups is 2. The Morgan fingerprint density at radius 1 is 0.244 bits per heavy atom. The first-order valence-corrected chi connectivity index (χ1v) is 50.4. The summed E-state index contributed by atoms with van der Waals surface area (Å²) in [6, 6.07) is 0. The Kier molecular flexibility index (Phi) is 88.2. The zero-order valence-corrected chi connectivity index (χ0v) is 77.0. The van der Waals surface area contributed by atoms with Gasteiger partial charge in [-0.2, -0.15) is 0 Å². The maximum absolute atomic E-state index is 13.1. The van der Waals surface area contributed by atoms with Crippen LogP contribution in [0.15, 0.2) is 170 Å². The third-order valence-corrected chi connectivity index (χ3v) is 21.8. The molecule has 0 saturated heterocycles. The van der Waals surface area contributed by atoms with Gasteiger partial charge in [0.05, 0.1) is 26.4 Å². The fraction of sp³-hybridized carbons (Fsp3) is 0.693. The highest BCUT2D eigenvalue weighted by Gasteiger charge is 2.29. The third kappa shape index (κ3) is 93.5. The van der Waals surface area contributed by atoms with Gasteiger partial charge in [0.15, 0.2) is 6.10 Å². The van der Waals surface area contributed by atoms with Gasteiger partial charge in [0, 0.05) is 19.3 Å². The Balaban J connectivity index is 4.63. The second kappa shape index (κ2) is 92.1. The molecule has 0 radical (unpaired) electrons. The molecule has 0 rings (SSSR count). The summed E-state index contributed by atoms with van der Waals surface area (Å²) in [6.07, 6.45) is 120. The number of aliphatic hydroxyl groups excluding tert-OH is 2. The molecule has 0 aromatic heterocycles.